The van der Waals surface area contributed by atoms with Crippen LogP contribution in [0, 0.1) is 0 Å². The summed E-state index contributed by atoms with van der Waals surface area (Å²) < 4.78 is 112. The molecular formula is C9H3F9O. The van der Waals surface area contributed by atoms with Gasteiger partial charge in [0.1, 0.15) is 5.75 Å². The standard InChI is InChI=1S/C9H3F9O/c10-7(11,12)4-1-2-5(8(13,14)15)6(3-4)19-9(16,17)18/h1-3H. The van der Waals surface area contributed by atoms with Gasteiger partial charge in [0.2, 0.25) is 0 Å². The van der Waals surface area contributed by atoms with Crippen LogP contribution in [0.1, 0.15) is 11.1 Å². The van der Waals surface area contributed by atoms with Gasteiger partial charge in [0.15, 0.2) is 0 Å². The van der Waals surface area contributed by atoms with Crippen molar-refractivity contribution >= 4 is 0 Å². The lowest BCUT2D eigenvalue weighted by molar-refractivity contribution is -0.276. The molecule has 19 heavy (non-hydrogen) atoms. The molecule has 0 aliphatic heterocycles. The summed E-state index contributed by atoms with van der Waals surface area (Å²) >= 11 is 0. The van der Waals surface area contributed by atoms with Crippen molar-refractivity contribution in [2.75, 3.05) is 0 Å². The van der Waals surface area contributed by atoms with Crippen molar-refractivity contribution in [1.82, 2.24) is 0 Å². The first kappa shape index (κ1) is 15.4. The van der Waals surface area contributed by atoms with Gasteiger partial charge >= 0.3 is 18.7 Å². The van der Waals surface area contributed by atoms with Crippen LogP contribution >= 0.6 is 0 Å². The Morgan fingerprint density at radius 1 is 0.737 bits per heavy atom. The fourth-order valence-electron chi connectivity index (χ4n) is 1.14. The largest absolute Gasteiger partial charge is 0.573 e. The average molecular weight is 298 g/mol. The number of halogens is 9. The van der Waals surface area contributed by atoms with Crippen molar-refractivity contribution in [3.63, 3.8) is 0 Å². The van der Waals surface area contributed by atoms with Gasteiger partial charge in [-0.2, -0.15) is 26.3 Å². The molecule has 0 unspecified atom stereocenters. The molecule has 108 valence electrons. The van der Waals surface area contributed by atoms with Crippen LogP contribution in [0.3, 0.4) is 0 Å². The highest BCUT2D eigenvalue weighted by molar-refractivity contribution is 5.40. The Bertz CT molecular complexity index is 454. The van der Waals surface area contributed by atoms with Crippen LogP contribution in [-0.2, 0) is 12.4 Å². The molecule has 0 fully saturated rings. The Morgan fingerprint density at radius 2 is 1.26 bits per heavy atom. The minimum Gasteiger partial charge on any atom is -0.405 e. The molecule has 0 bridgehead atoms. The third-order valence-corrected chi connectivity index (χ3v) is 1.84. The van der Waals surface area contributed by atoms with E-state index in [1.54, 1.807) is 0 Å². The number of hydrogen-bond acceptors (Lipinski definition) is 1. The molecule has 0 saturated heterocycles. The van der Waals surface area contributed by atoms with Crippen molar-refractivity contribution in [1.29, 1.82) is 0 Å². The molecule has 1 nitrogen and oxygen atoms in total. The molecule has 0 aliphatic carbocycles. The van der Waals surface area contributed by atoms with Crippen LogP contribution in [0.15, 0.2) is 18.2 Å². The zero-order valence-electron chi connectivity index (χ0n) is 8.54. The highest BCUT2D eigenvalue weighted by atomic mass is 19.4. The molecule has 0 spiro atoms. The maximum atomic E-state index is 12.3. The molecule has 1 aromatic carbocycles. The predicted molar refractivity (Wildman–Crippen MR) is 43.1 cm³/mol. The summed E-state index contributed by atoms with van der Waals surface area (Å²) in [6.45, 7) is 0. The molecule has 0 amide bonds. The van der Waals surface area contributed by atoms with E-state index in [-0.39, 0.29) is 18.2 Å². The highest BCUT2D eigenvalue weighted by Gasteiger charge is 2.41. The third kappa shape index (κ3) is 4.21. The number of ether oxygens (including phenoxy) is 1. The Hall–Kier alpha value is -1.61. The molecule has 0 aromatic heterocycles. The van der Waals surface area contributed by atoms with Crippen LogP contribution in [-0.4, -0.2) is 6.36 Å². The van der Waals surface area contributed by atoms with E-state index in [9.17, 15) is 39.5 Å². The van der Waals surface area contributed by atoms with E-state index in [0.717, 1.165) is 0 Å². The molecule has 1 aromatic rings. The molecule has 0 saturated carbocycles. The fraction of sp³-hybridized carbons (Fsp3) is 0.333. The Kier molecular flexibility index (Phi) is 3.65. The highest BCUT2D eigenvalue weighted by Crippen LogP contribution is 2.41. The first-order valence-electron chi connectivity index (χ1n) is 4.35. The van der Waals surface area contributed by atoms with Crippen LogP contribution in [0.5, 0.6) is 5.75 Å². The van der Waals surface area contributed by atoms with E-state index in [0.29, 0.717) is 0 Å². The van der Waals surface area contributed by atoms with Gasteiger partial charge in [-0.05, 0) is 18.2 Å². The maximum Gasteiger partial charge on any atom is 0.573 e. The van der Waals surface area contributed by atoms with E-state index in [2.05, 4.69) is 4.74 Å². The summed E-state index contributed by atoms with van der Waals surface area (Å²) in [4.78, 5) is 0. The van der Waals surface area contributed by atoms with E-state index in [1.807, 2.05) is 0 Å². The van der Waals surface area contributed by atoms with Gasteiger partial charge in [0, 0.05) is 0 Å². The molecular weight excluding hydrogens is 295 g/mol. The van der Waals surface area contributed by atoms with Crippen molar-refractivity contribution in [3.8, 4) is 5.75 Å². The van der Waals surface area contributed by atoms with E-state index in [1.165, 1.54) is 0 Å². The number of hydrogen-bond donors (Lipinski definition) is 0. The monoisotopic (exact) mass is 298 g/mol. The molecule has 0 aliphatic rings. The minimum absolute atomic E-state index is 0.0199. The van der Waals surface area contributed by atoms with E-state index in [4.69, 9.17) is 0 Å². The normalized spacial score (nSPS) is 13.5. The SMILES string of the molecule is FC(F)(F)Oc1cc(C(F)(F)F)ccc1C(F)(F)F. The zero-order chi connectivity index (χ0) is 15.1. The van der Waals surface area contributed by atoms with Crippen LogP contribution in [0.4, 0.5) is 39.5 Å². The van der Waals surface area contributed by atoms with Gasteiger partial charge in [-0.1, -0.05) is 0 Å². The number of rotatable bonds is 1. The topological polar surface area (TPSA) is 9.23 Å². The number of alkyl halides is 9. The van der Waals surface area contributed by atoms with Crippen molar-refractivity contribution < 1.29 is 44.3 Å². The minimum atomic E-state index is -5.54. The van der Waals surface area contributed by atoms with Gasteiger partial charge in [-0.25, -0.2) is 0 Å². The van der Waals surface area contributed by atoms with Gasteiger partial charge in [-0.15, -0.1) is 13.2 Å². The first-order valence-corrected chi connectivity index (χ1v) is 4.35. The second-order valence-electron chi connectivity index (χ2n) is 3.25. The third-order valence-electron chi connectivity index (χ3n) is 1.84. The second kappa shape index (κ2) is 4.49. The van der Waals surface area contributed by atoms with Crippen LogP contribution in [0.25, 0.3) is 0 Å². The summed E-state index contributed by atoms with van der Waals surface area (Å²) in [6.07, 6.45) is -15.9. The average Bonchev–Trinajstić information content (AvgIpc) is 2.11. The smallest absolute Gasteiger partial charge is 0.405 e. The predicted octanol–water partition coefficient (Wildman–Crippen LogP) is 4.62. The van der Waals surface area contributed by atoms with Crippen LogP contribution in [0.2, 0.25) is 0 Å². The van der Waals surface area contributed by atoms with Crippen LogP contribution < -0.4 is 4.74 Å². The Labute approximate surface area is 99.1 Å². The van der Waals surface area contributed by atoms with Gasteiger partial charge in [0.25, 0.3) is 0 Å². The summed E-state index contributed by atoms with van der Waals surface area (Å²) in [7, 11) is 0. The Balaban J connectivity index is 3.35. The second-order valence-corrected chi connectivity index (χ2v) is 3.25. The van der Waals surface area contributed by atoms with E-state index < -0.39 is 35.6 Å². The van der Waals surface area contributed by atoms with E-state index >= 15 is 0 Å². The van der Waals surface area contributed by atoms with Gasteiger partial charge in [-0.3, -0.25) is 0 Å². The molecule has 0 heterocycles. The summed E-state index contributed by atoms with van der Waals surface area (Å²) in [5.41, 5.74) is -3.63. The summed E-state index contributed by atoms with van der Waals surface area (Å²) in [5, 5.41) is 0. The lowest BCUT2D eigenvalue weighted by atomic mass is 10.1. The zero-order valence-corrected chi connectivity index (χ0v) is 8.54. The van der Waals surface area contributed by atoms with Gasteiger partial charge in [0.05, 0.1) is 11.1 Å². The molecule has 10 heteroatoms. The van der Waals surface area contributed by atoms with Crippen molar-refractivity contribution in [3.05, 3.63) is 29.3 Å². The molecule has 0 radical (unpaired) electrons. The quantitative estimate of drug-likeness (QED) is 0.687. The number of benzene rings is 1. The maximum absolute atomic E-state index is 12.3. The molecule has 0 atom stereocenters. The first-order chi connectivity index (χ1) is 8.31. The van der Waals surface area contributed by atoms with Crippen molar-refractivity contribution in [2.45, 2.75) is 18.7 Å². The van der Waals surface area contributed by atoms with Crippen molar-refractivity contribution in [2.24, 2.45) is 0 Å². The lowest BCUT2D eigenvalue weighted by Crippen LogP contribution is -2.21. The Morgan fingerprint density at radius 3 is 1.63 bits per heavy atom. The lowest BCUT2D eigenvalue weighted by Gasteiger charge is -2.17. The summed E-state index contributed by atoms with van der Waals surface area (Å²) in [5.74, 6) is -1.95. The molecule has 1 rings (SSSR count). The molecule has 0 N–H and O–H groups in total. The fourth-order valence-corrected chi connectivity index (χ4v) is 1.14. The summed E-state index contributed by atoms with van der Waals surface area (Å²) in [6, 6.07) is -0.452. The van der Waals surface area contributed by atoms with Gasteiger partial charge < -0.3 is 4.74 Å².